The Bertz CT molecular complexity index is 833. The van der Waals surface area contributed by atoms with Crippen molar-refractivity contribution in [3.8, 4) is 0 Å². The average Bonchev–Trinajstić information content (AvgIpc) is 2.35. The maximum atomic E-state index is 7.82. The first-order valence-corrected chi connectivity index (χ1v) is 5.72. The summed E-state index contributed by atoms with van der Waals surface area (Å²) in [6.07, 6.45) is 0. The second-order valence-corrected chi connectivity index (χ2v) is 4.51. The van der Waals surface area contributed by atoms with E-state index in [0.29, 0.717) is 5.36 Å². The molecule has 0 atom stereocenters. The summed E-state index contributed by atoms with van der Waals surface area (Å²) < 4.78 is 0. The number of nitrogens with one attached hydrogen (secondary N) is 1. The van der Waals surface area contributed by atoms with Crippen LogP contribution >= 0.6 is 0 Å². The first kappa shape index (κ1) is 8.82. The molecule has 4 rings (SSSR count). The first-order valence-electron chi connectivity index (χ1n) is 5.72. The van der Waals surface area contributed by atoms with E-state index in [9.17, 15) is 0 Å². The fraction of sp³-hybridized carbons (Fsp3) is 0. The minimum Gasteiger partial charge on any atom is -0.282 e. The van der Waals surface area contributed by atoms with Crippen molar-refractivity contribution in [3.63, 3.8) is 0 Å². The van der Waals surface area contributed by atoms with Gasteiger partial charge < -0.3 is 0 Å². The van der Waals surface area contributed by atoms with E-state index in [4.69, 9.17) is 5.41 Å². The molecule has 0 aliphatic carbocycles. The number of benzene rings is 4. The van der Waals surface area contributed by atoms with Gasteiger partial charge in [-0.3, -0.25) is 5.41 Å². The van der Waals surface area contributed by atoms with Crippen molar-refractivity contribution in [2.24, 2.45) is 0 Å². The Balaban J connectivity index is 2.50. The van der Waals surface area contributed by atoms with E-state index in [1.807, 2.05) is 12.1 Å². The zero-order chi connectivity index (χ0) is 11.4. The highest BCUT2D eigenvalue weighted by Gasteiger charge is 2.12. The lowest BCUT2D eigenvalue weighted by molar-refractivity contribution is 1.29. The molecule has 4 aromatic carbocycles. The second kappa shape index (κ2) is 2.89. The number of hydrogen-bond acceptors (Lipinski definition) is 1. The van der Waals surface area contributed by atoms with Crippen LogP contribution in [0.4, 0.5) is 0 Å². The molecule has 0 amide bonds. The predicted molar refractivity (Wildman–Crippen MR) is 71.6 cm³/mol. The normalized spacial score (nSPS) is 11.8. The highest BCUT2D eigenvalue weighted by Crippen LogP contribution is 2.32. The smallest absolute Gasteiger partial charge is 0.139 e. The van der Waals surface area contributed by atoms with Crippen molar-refractivity contribution in [2.45, 2.75) is 0 Å². The lowest BCUT2D eigenvalue weighted by atomic mass is 9.94. The fourth-order valence-electron chi connectivity index (χ4n) is 2.75. The molecule has 0 aromatic heterocycles. The lowest BCUT2D eigenvalue weighted by Crippen LogP contribution is -1.97. The summed E-state index contributed by atoms with van der Waals surface area (Å²) in [5.74, 6) is 0. The Morgan fingerprint density at radius 2 is 1.47 bits per heavy atom. The average molecular weight is 216 g/mol. The summed E-state index contributed by atoms with van der Waals surface area (Å²) in [7, 11) is 0. The Morgan fingerprint density at radius 1 is 0.765 bits per heavy atom. The zero-order valence-electron chi connectivity index (χ0n) is 9.20. The highest BCUT2D eigenvalue weighted by atomic mass is 14.3. The molecule has 0 radical (unpaired) electrons. The molecule has 4 aromatic rings. The summed E-state index contributed by atoms with van der Waals surface area (Å²) in [5.41, 5.74) is 0. The quantitative estimate of drug-likeness (QED) is 0.341. The molecule has 0 saturated carbocycles. The molecule has 17 heavy (non-hydrogen) atoms. The Labute approximate surface area is 98.1 Å². The van der Waals surface area contributed by atoms with Gasteiger partial charge in [-0.15, -0.1) is 0 Å². The van der Waals surface area contributed by atoms with Crippen molar-refractivity contribution in [1.29, 1.82) is 5.41 Å². The molecule has 1 nitrogen and oxygen atoms in total. The van der Waals surface area contributed by atoms with Gasteiger partial charge in [0.25, 0.3) is 0 Å². The number of rotatable bonds is 0. The summed E-state index contributed by atoms with van der Waals surface area (Å²) in [4.78, 5) is 0. The van der Waals surface area contributed by atoms with Crippen LogP contribution in [-0.2, 0) is 0 Å². The van der Waals surface area contributed by atoms with Crippen molar-refractivity contribution < 1.29 is 0 Å². The van der Waals surface area contributed by atoms with E-state index < -0.39 is 0 Å². The van der Waals surface area contributed by atoms with Gasteiger partial charge in [-0.05, 0) is 17.5 Å². The van der Waals surface area contributed by atoms with Crippen LogP contribution in [0.5, 0.6) is 0 Å². The molecule has 0 heterocycles. The number of hydrogen-bond donors (Lipinski definition) is 1. The summed E-state index contributed by atoms with van der Waals surface area (Å²) >= 11 is 0. The monoisotopic (exact) mass is 216 g/mol. The van der Waals surface area contributed by atoms with E-state index in [-0.39, 0.29) is 0 Å². The third-order valence-electron chi connectivity index (χ3n) is 3.46. The standard InChI is InChI=1S/C16H10N/c17-14-8-12-6-4-10-2-1-3-11-5-7-13(9-14)16(12)15(10)11/h1-9,17H/q+1. The van der Waals surface area contributed by atoms with Gasteiger partial charge in [-0.25, -0.2) is 0 Å². The van der Waals surface area contributed by atoms with E-state index in [0.717, 1.165) is 10.8 Å². The third-order valence-corrected chi connectivity index (χ3v) is 3.46. The van der Waals surface area contributed by atoms with Gasteiger partial charge in [-0.1, -0.05) is 24.3 Å². The SMILES string of the molecule is N=c1cc2ccc3cccc4ccc([cH+]1)c2c34. The molecule has 0 fully saturated rings. The van der Waals surface area contributed by atoms with Gasteiger partial charge in [0.15, 0.2) is 0 Å². The molecule has 1 heteroatoms. The lowest BCUT2D eigenvalue weighted by Gasteiger charge is -2.04. The highest BCUT2D eigenvalue weighted by molar-refractivity contribution is 6.22. The Hall–Kier alpha value is -2.28. The Kier molecular flexibility index (Phi) is 1.50. The van der Waals surface area contributed by atoms with Crippen LogP contribution in [0.15, 0.2) is 54.6 Å². The van der Waals surface area contributed by atoms with Gasteiger partial charge in [0, 0.05) is 22.9 Å². The Morgan fingerprint density at radius 3 is 2.29 bits per heavy atom. The third kappa shape index (κ3) is 1.08. The molecule has 0 aliphatic rings. The van der Waals surface area contributed by atoms with E-state index in [1.54, 1.807) is 0 Å². The van der Waals surface area contributed by atoms with Gasteiger partial charge in [0.2, 0.25) is 0 Å². The fourth-order valence-corrected chi connectivity index (χ4v) is 2.75. The first-order chi connectivity index (χ1) is 8.33. The molecular formula is C16H10N+. The van der Waals surface area contributed by atoms with Crippen LogP contribution in [0.3, 0.4) is 0 Å². The molecule has 0 saturated heterocycles. The van der Waals surface area contributed by atoms with Crippen LogP contribution in [-0.4, -0.2) is 0 Å². The van der Waals surface area contributed by atoms with Gasteiger partial charge in [0.05, 0.1) is 16.8 Å². The topological polar surface area (TPSA) is 23.9 Å². The zero-order valence-corrected chi connectivity index (χ0v) is 9.20. The van der Waals surface area contributed by atoms with Crippen LogP contribution in [0, 0.1) is 5.41 Å². The van der Waals surface area contributed by atoms with Crippen molar-refractivity contribution in [3.05, 3.63) is 60.0 Å². The molecule has 78 valence electrons. The summed E-state index contributed by atoms with van der Waals surface area (Å²) in [6, 6.07) is 18.8. The van der Waals surface area contributed by atoms with Crippen LogP contribution < -0.4 is 5.36 Å². The van der Waals surface area contributed by atoms with E-state index in [1.165, 1.54) is 21.5 Å². The summed E-state index contributed by atoms with van der Waals surface area (Å²) in [5, 5.41) is 15.9. The van der Waals surface area contributed by atoms with Gasteiger partial charge >= 0.3 is 0 Å². The largest absolute Gasteiger partial charge is 0.282 e. The van der Waals surface area contributed by atoms with Crippen molar-refractivity contribution in [2.75, 3.05) is 0 Å². The molecule has 0 spiro atoms. The molecule has 0 unspecified atom stereocenters. The predicted octanol–water partition coefficient (Wildman–Crippen LogP) is 3.78. The van der Waals surface area contributed by atoms with E-state index in [2.05, 4.69) is 42.5 Å². The maximum absolute atomic E-state index is 7.82. The van der Waals surface area contributed by atoms with Crippen molar-refractivity contribution in [1.82, 2.24) is 0 Å². The second-order valence-electron chi connectivity index (χ2n) is 4.51. The summed E-state index contributed by atoms with van der Waals surface area (Å²) in [6.45, 7) is 0. The molecular weight excluding hydrogens is 206 g/mol. The minimum absolute atomic E-state index is 0.580. The molecule has 1 N–H and O–H groups in total. The molecule has 0 bridgehead atoms. The molecule has 0 aliphatic heterocycles. The van der Waals surface area contributed by atoms with Crippen molar-refractivity contribution >= 4 is 32.3 Å². The van der Waals surface area contributed by atoms with Gasteiger partial charge in [0.1, 0.15) is 10.7 Å². The van der Waals surface area contributed by atoms with Crippen LogP contribution in [0.1, 0.15) is 0 Å². The van der Waals surface area contributed by atoms with Crippen LogP contribution in [0.2, 0.25) is 0 Å². The van der Waals surface area contributed by atoms with Crippen LogP contribution in [0.25, 0.3) is 32.3 Å². The van der Waals surface area contributed by atoms with E-state index >= 15 is 0 Å². The van der Waals surface area contributed by atoms with Gasteiger partial charge in [-0.2, -0.15) is 0 Å². The maximum Gasteiger partial charge on any atom is 0.139 e. The minimum atomic E-state index is 0.580.